The number of non-ortho nitro benzene ring substituents is 1. The van der Waals surface area contributed by atoms with Crippen LogP contribution in [0.4, 0.5) is 11.5 Å². The number of aromatic amines is 1. The number of carbonyl (C=O) groups is 1. The molecule has 2 aliphatic rings. The molecule has 35 heavy (non-hydrogen) atoms. The lowest BCUT2D eigenvalue weighted by Gasteiger charge is -2.32. The van der Waals surface area contributed by atoms with E-state index in [1.165, 1.54) is 23.9 Å². The maximum atomic E-state index is 13.3. The van der Waals surface area contributed by atoms with Crippen molar-refractivity contribution in [2.24, 2.45) is 0 Å². The van der Waals surface area contributed by atoms with Crippen LogP contribution in [0.5, 0.6) is 5.75 Å². The summed E-state index contributed by atoms with van der Waals surface area (Å²) < 4.78 is 5.27. The van der Waals surface area contributed by atoms with Crippen molar-refractivity contribution in [1.82, 2.24) is 9.97 Å². The van der Waals surface area contributed by atoms with Gasteiger partial charge in [-0.2, -0.15) is 0 Å². The van der Waals surface area contributed by atoms with Gasteiger partial charge in [-0.05, 0) is 36.1 Å². The van der Waals surface area contributed by atoms with Crippen LogP contribution in [-0.4, -0.2) is 27.8 Å². The summed E-state index contributed by atoms with van der Waals surface area (Å²) in [6, 6.07) is 13.7. The first-order chi connectivity index (χ1) is 16.9. The van der Waals surface area contributed by atoms with Crippen LogP contribution >= 0.6 is 11.8 Å². The Labute approximate surface area is 204 Å². The SMILES string of the molecule is COc1ccc([C@H]2C3=C(CCCC3=O)Nc3nc(SCc4ccc([N+](=O)[O-])cc4)[nH]c(=O)c32)cc1. The summed E-state index contributed by atoms with van der Waals surface area (Å²) in [5.74, 6) is 1.16. The molecule has 0 amide bonds. The van der Waals surface area contributed by atoms with Gasteiger partial charge in [-0.25, -0.2) is 4.98 Å². The molecule has 3 aromatic rings. The second kappa shape index (κ2) is 9.38. The second-order valence-electron chi connectivity index (χ2n) is 8.35. The zero-order chi connectivity index (χ0) is 24.5. The summed E-state index contributed by atoms with van der Waals surface area (Å²) in [7, 11) is 1.59. The largest absolute Gasteiger partial charge is 0.497 e. The maximum absolute atomic E-state index is 13.3. The van der Waals surface area contributed by atoms with Gasteiger partial charge in [0.05, 0.1) is 17.6 Å². The third kappa shape index (κ3) is 4.44. The van der Waals surface area contributed by atoms with Crippen molar-refractivity contribution in [3.63, 3.8) is 0 Å². The fraction of sp³-hybridized carbons (Fsp3) is 0.240. The molecule has 0 saturated carbocycles. The zero-order valence-corrected chi connectivity index (χ0v) is 19.7. The first kappa shape index (κ1) is 22.9. The highest BCUT2D eigenvalue weighted by Gasteiger charge is 2.37. The van der Waals surface area contributed by atoms with E-state index in [9.17, 15) is 19.7 Å². The predicted molar refractivity (Wildman–Crippen MR) is 132 cm³/mol. The number of nitrogens with zero attached hydrogens (tertiary/aromatic N) is 2. The number of hydrogen-bond acceptors (Lipinski definition) is 8. The normalized spacial score (nSPS) is 16.8. The van der Waals surface area contributed by atoms with E-state index < -0.39 is 10.8 Å². The molecule has 0 bridgehead atoms. The number of fused-ring (bicyclic) bond motifs is 1. The average molecular weight is 491 g/mol. The van der Waals surface area contributed by atoms with Gasteiger partial charge in [-0.3, -0.25) is 19.7 Å². The number of anilines is 1. The van der Waals surface area contributed by atoms with Crippen LogP contribution in [0.15, 0.2) is 69.8 Å². The molecule has 2 heterocycles. The summed E-state index contributed by atoms with van der Waals surface area (Å²) in [5, 5.41) is 14.6. The monoisotopic (exact) mass is 490 g/mol. The molecule has 0 saturated heterocycles. The molecule has 1 aliphatic heterocycles. The Morgan fingerprint density at radius 2 is 1.86 bits per heavy atom. The molecular formula is C25H22N4O5S. The first-order valence-electron chi connectivity index (χ1n) is 11.1. The molecule has 2 N–H and O–H groups in total. The Morgan fingerprint density at radius 3 is 2.54 bits per heavy atom. The van der Waals surface area contributed by atoms with Crippen LogP contribution < -0.4 is 15.6 Å². The number of carbonyl (C=O) groups excluding carboxylic acids is 1. The molecule has 1 aliphatic carbocycles. The number of H-pyrrole nitrogens is 1. The molecule has 0 radical (unpaired) electrons. The van der Waals surface area contributed by atoms with Crippen molar-refractivity contribution in [2.45, 2.75) is 36.1 Å². The highest BCUT2D eigenvalue weighted by Crippen LogP contribution is 2.43. The molecule has 0 unspecified atom stereocenters. The van der Waals surface area contributed by atoms with Crippen LogP contribution in [-0.2, 0) is 10.5 Å². The number of ether oxygens (including phenoxy) is 1. The fourth-order valence-electron chi connectivity index (χ4n) is 4.50. The number of ketones is 1. The van der Waals surface area contributed by atoms with Gasteiger partial charge in [0.25, 0.3) is 11.2 Å². The fourth-order valence-corrected chi connectivity index (χ4v) is 5.32. The Hall–Kier alpha value is -3.92. The number of hydrogen-bond donors (Lipinski definition) is 2. The van der Waals surface area contributed by atoms with Crippen LogP contribution in [0.1, 0.15) is 41.9 Å². The number of benzene rings is 2. The van der Waals surface area contributed by atoms with E-state index in [0.717, 1.165) is 23.2 Å². The second-order valence-corrected chi connectivity index (χ2v) is 9.31. The van der Waals surface area contributed by atoms with Gasteiger partial charge in [0.2, 0.25) is 0 Å². The smallest absolute Gasteiger partial charge is 0.269 e. The molecule has 178 valence electrons. The predicted octanol–water partition coefficient (Wildman–Crippen LogP) is 4.54. The number of nitrogens with one attached hydrogen (secondary N) is 2. The lowest BCUT2D eigenvalue weighted by atomic mass is 9.76. The maximum Gasteiger partial charge on any atom is 0.269 e. The summed E-state index contributed by atoms with van der Waals surface area (Å²) in [6.45, 7) is 0. The van der Waals surface area contributed by atoms with E-state index in [-0.39, 0.29) is 17.0 Å². The standard InChI is InChI=1S/C25H22N4O5S/c1-34-17-11-7-15(8-12-17)20-21-18(3-2-4-19(21)30)26-23-22(20)24(31)28-25(27-23)35-13-14-5-9-16(10-6-14)29(32)33/h5-12,20H,2-4,13H2,1H3,(H2,26,27,28,31)/t20-/m0/s1. The molecule has 9 nitrogen and oxygen atoms in total. The molecule has 0 spiro atoms. The minimum Gasteiger partial charge on any atom is -0.497 e. The molecule has 1 atom stereocenters. The highest BCUT2D eigenvalue weighted by molar-refractivity contribution is 7.98. The van der Waals surface area contributed by atoms with Crippen molar-refractivity contribution in [3.8, 4) is 5.75 Å². The van der Waals surface area contributed by atoms with E-state index >= 15 is 0 Å². The molecule has 2 aromatic carbocycles. The van der Waals surface area contributed by atoms with Crippen molar-refractivity contribution in [2.75, 3.05) is 12.4 Å². The van der Waals surface area contributed by atoms with Gasteiger partial charge in [0, 0.05) is 41.5 Å². The number of methoxy groups -OCH3 is 1. The minimum atomic E-state index is -0.509. The van der Waals surface area contributed by atoms with E-state index in [1.54, 1.807) is 19.2 Å². The van der Waals surface area contributed by atoms with Crippen molar-refractivity contribution < 1.29 is 14.5 Å². The lowest BCUT2D eigenvalue weighted by molar-refractivity contribution is -0.384. The Morgan fingerprint density at radius 1 is 1.11 bits per heavy atom. The Bertz CT molecular complexity index is 1400. The number of rotatable bonds is 6. The number of nitro groups is 1. The Kier molecular flexibility index (Phi) is 6.12. The number of thioether (sulfide) groups is 1. The van der Waals surface area contributed by atoms with Gasteiger partial charge < -0.3 is 15.0 Å². The van der Waals surface area contributed by atoms with Crippen LogP contribution in [0.3, 0.4) is 0 Å². The van der Waals surface area contributed by atoms with Gasteiger partial charge in [0.15, 0.2) is 10.9 Å². The van der Waals surface area contributed by atoms with E-state index in [0.29, 0.717) is 46.5 Å². The zero-order valence-electron chi connectivity index (χ0n) is 18.9. The van der Waals surface area contributed by atoms with E-state index in [4.69, 9.17) is 4.74 Å². The number of nitro benzene ring substituents is 1. The van der Waals surface area contributed by atoms with Crippen LogP contribution in [0, 0.1) is 10.1 Å². The van der Waals surface area contributed by atoms with Crippen molar-refractivity contribution in [1.29, 1.82) is 0 Å². The number of allylic oxidation sites excluding steroid dienone is 2. The molecule has 10 heteroatoms. The molecular weight excluding hydrogens is 468 g/mol. The van der Waals surface area contributed by atoms with Gasteiger partial charge in [0.1, 0.15) is 11.6 Å². The summed E-state index contributed by atoms with van der Waals surface area (Å²) in [5.41, 5.74) is 3.29. The Balaban J connectivity index is 1.49. The van der Waals surface area contributed by atoms with E-state index in [1.807, 2.05) is 24.3 Å². The average Bonchev–Trinajstić information content (AvgIpc) is 2.87. The summed E-state index contributed by atoms with van der Waals surface area (Å²) in [6.07, 6.45) is 1.92. The molecule has 0 fully saturated rings. The summed E-state index contributed by atoms with van der Waals surface area (Å²) in [4.78, 5) is 44.2. The third-order valence-corrected chi connectivity index (χ3v) is 7.15. The van der Waals surface area contributed by atoms with Crippen LogP contribution in [0.25, 0.3) is 0 Å². The highest BCUT2D eigenvalue weighted by atomic mass is 32.2. The first-order valence-corrected chi connectivity index (χ1v) is 12.1. The van der Waals surface area contributed by atoms with Crippen LogP contribution in [0.2, 0.25) is 0 Å². The lowest BCUT2D eigenvalue weighted by Crippen LogP contribution is -2.32. The number of Topliss-reactive ketones (excluding diaryl/α,β-unsaturated/α-hetero) is 1. The topological polar surface area (TPSA) is 127 Å². The molecule has 1 aromatic heterocycles. The van der Waals surface area contributed by atoms with E-state index in [2.05, 4.69) is 15.3 Å². The van der Waals surface area contributed by atoms with Gasteiger partial charge >= 0.3 is 0 Å². The van der Waals surface area contributed by atoms with Gasteiger partial charge in [-0.1, -0.05) is 36.0 Å². The third-order valence-electron chi connectivity index (χ3n) is 6.21. The van der Waals surface area contributed by atoms with Crippen molar-refractivity contribution in [3.05, 3.63) is 97.0 Å². The quantitative estimate of drug-likeness (QED) is 0.223. The minimum absolute atomic E-state index is 0.0268. The van der Waals surface area contributed by atoms with Crippen molar-refractivity contribution >= 4 is 29.1 Å². The molecule has 5 rings (SSSR count). The number of aromatic nitrogens is 2. The van der Waals surface area contributed by atoms with Gasteiger partial charge in [-0.15, -0.1) is 0 Å². The summed E-state index contributed by atoms with van der Waals surface area (Å²) >= 11 is 1.33.